The van der Waals surface area contributed by atoms with Gasteiger partial charge in [-0.15, -0.1) is 5.10 Å². The van der Waals surface area contributed by atoms with Gasteiger partial charge in [-0.25, -0.2) is 13.9 Å². The molecule has 0 saturated heterocycles. The molecule has 0 spiro atoms. The highest BCUT2D eigenvalue weighted by atomic mass is 35.5. The Balaban J connectivity index is 1.10. The number of hydrogen-bond donors (Lipinski definition) is 3. The standard InChI is InChI=1S/C28H24ClFN6O3/c1-16(28(11-12-28)27(38)32-19-4-2-3-18(29)13-19)31-20-7-8-22(21(30)14-20)39-25-10-9-24-33-23(15-36(24)35-25)34-26(37)17-5-6-17/h2-4,7-10,13-15,17,31H,1,5-6,11-12H2,(H,32,38)(H,34,37). The van der Waals surface area contributed by atoms with Crippen LogP contribution in [0.25, 0.3) is 5.65 Å². The van der Waals surface area contributed by atoms with E-state index in [1.165, 1.54) is 16.6 Å². The van der Waals surface area contributed by atoms with Crippen LogP contribution < -0.4 is 20.7 Å². The first-order valence-electron chi connectivity index (χ1n) is 12.5. The van der Waals surface area contributed by atoms with E-state index in [0.29, 0.717) is 46.4 Å². The summed E-state index contributed by atoms with van der Waals surface area (Å²) < 4.78 is 22.1. The first-order chi connectivity index (χ1) is 18.8. The second-order valence-corrected chi connectivity index (χ2v) is 10.2. The molecule has 0 radical (unpaired) electrons. The summed E-state index contributed by atoms with van der Waals surface area (Å²) in [6.45, 7) is 4.05. The van der Waals surface area contributed by atoms with E-state index in [9.17, 15) is 14.0 Å². The third-order valence-electron chi connectivity index (χ3n) is 6.78. The maximum Gasteiger partial charge on any atom is 0.237 e. The van der Waals surface area contributed by atoms with Crippen molar-refractivity contribution in [3.05, 3.63) is 83.9 Å². The summed E-state index contributed by atoms with van der Waals surface area (Å²) in [5.41, 5.74) is 1.24. The summed E-state index contributed by atoms with van der Waals surface area (Å²) in [4.78, 5) is 29.3. The van der Waals surface area contributed by atoms with Crippen molar-refractivity contribution in [1.82, 2.24) is 14.6 Å². The van der Waals surface area contributed by atoms with Crippen LogP contribution in [0.1, 0.15) is 25.7 Å². The van der Waals surface area contributed by atoms with Gasteiger partial charge in [-0.3, -0.25) is 9.59 Å². The zero-order chi connectivity index (χ0) is 27.1. The fourth-order valence-corrected chi connectivity index (χ4v) is 4.42. The normalized spacial score (nSPS) is 15.4. The third-order valence-corrected chi connectivity index (χ3v) is 7.02. The Kier molecular flexibility index (Phi) is 6.19. The Morgan fingerprint density at radius 1 is 1.05 bits per heavy atom. The minimum Gasteiger partial charge on any atom is -0.434 e. The molecule has 0 unspecified atom stereocenters. The maximum atomic E-state index is 14.9. The van der Waals surface area contributed by atoms with E-state index >= 15 is 0 Å². The molecular formula is C28H24ClFN6O3. The molecule has 3 N–H and O–H groups in total. The number of imidazole rings is 1. The number of halogens is 2. The highest BCUT2D eigenvalue weighted by Crippen LogP contribution is 2.52. The monoisotopic (exact) mass is 546 g/mol. The van der Waals surface area contributed by atoms with Gasteiger partial charge in [-0.05, 0) is 62.1 Å². The summed E-state index contributed by atoms with van der Waals surface area (Å²) in [6, 6.07) is 14.5. The first-order valence-corrected chi connectivity index (χ1v) is 12.8. The molecular weight excluding hydrogens is 523 g/mol. The maximum absolute atomic E-state index is 14.9. The van der Waals surface area contributed by atoms with Crippen molar-refractivity contribution in [3.63, 3.8) is 0 Å². The third kappa shape index (κ3) is 5.28. The molecule has 4 aromatic rings. The van der Waals surface area contributed by atoms with E-state index in [-0.39, 0.29) is 29.4 Å². The Bertz CT molecular complexity index is 1630. The predicted molar refractivity (Wildman–Crippen MR) is 145 cm³/mol. The molecule has 0 bridgehead atoms. The van der Waals surface area contributed by atoms with Gasteiger partial charge in [0.15, 0.2) is 23.0 Å². The van der Waals surface area contributed by atoms with Gasteiger partial charge in [0.1, 0.15) is 0 Å². The lowest BCUT2D eigenvalue weighted by Crippen LogP contribution is -2.28. The Morgan fingerprint density at radius 2 is 1.85 bits per heavy atom. The molecule has 2 amide bonds. The molecule has 2 aliphatic carbocycles. The number of rotatable bonds is 9. The number of nitrogens with zero attached hydrogens (tertiary/aromatic N) is 3. The molecule has 198 valence electrons. The first kappa shape index (κ1) is 24.9. The van der Waals surface area contributed by atoms with E-state index in [1.54, 1.807) is 48.7 Å². The molecule has 0 aliphatic heterocycles. The molecule has 2 aliphatic rings. The minimum atomic E-state index is -0.783. The number of nitrogens with one attached hydrogen (secondary N) is 3. The van der Waals surface area contributed by atoms with Crippen molar-refractivity contribution >= 4 is 46.3 Å². The molecule has 2 heterocycles. The van der Waals surface area contributed by atoms with E-state index in [4.69, 9.17) is 16.3 Å². The van der Waals surface area contributed by atoms with Crippen LogP contribution in [-0.2, 0) is 9.59 Å². The van der Waals surface area contributed by atoms with E-state index in [2.05, 4.69) is 32.6 Å². The van der Waals surface area contributed by atoms with Gasteiger partial charge in [0, 0.05) is 40.1 Å². The lowest BCUT2D eigenvalue weighted by atomic mass is 10.0. The molecule has 39 heavy (non-hydrogen) atoms. The number of carbonyl (C=O) groups excluding carboxylic acids is 2. The predicted octanol–water partition coefficient (Wildman–Crippen LogP) is 6.01. The zero-order valence-corrected chi connectivity index (χ0v) is 21.5. The molecule has 2 fully saturated rings. The van der Waals surface area contributed by atoms with Gasteiger partial charge < -0.3 is 20.7 Å². The lowest BCUT2D eigenvalue weighted by molar-refractivity contribution is -0.120. The van der Waals surface area contributed by atoms with Gasteiger partial charge in [0.05, 0.1) is 11.6 Å². The van der Waals surface area contributed by atoms with Crippen LogP contribution in [0, 0.1) is 17.2 Å². The number of carbonyl (C=O) groups is 2. The largest absolute Gasteiger partial charge is 0.434 e. The fraction of sp³-hybridized carbons (Fsp3) is 0.214. The zero-order valence-electron chi connectivity index (χ0n) is 20.7. The van der Waals surface area contributed by atoms with Crippen molar-refractivity contribution < 1.29 is 18.7 Å². The van der Waals surface area contributed by atoms with E-state index in [1.807, 2.05) is 0 Å². The topological polar surface area (TPSA) is 110 Å². The van der Waals surface area contributed by atoms with Gasteiger partial charge in [-0.2, -0.15) is 0 Å². The number of benzene rings is 2. The summed E-state index contributed by atoms with van der Waals surface area (Å²) in [7, 11) is 0. The van der Waals surface area contributed by atoms with Crippen molar-refractivity contribution in [1.29, 1.82) is 0 Å². The summed E-state index contributed by atoms with van der Waals surface area (Å²) >= 11 is 6.01. The van der Waals surface area contributed by atoms with Gasteiger partial charge >= 0.3 is 0 Å². The Morgan fingerprint density at radius 3 is 2.56 bits per heavy atom. The van der Waals surface area contributed by atoms with Crippen LogP contribution in [0.3, 0.4) is 0 Å². The second-order valence-electron chi connectivity index (χ2n) is 9.76. The van der Waals surface area contributed by atoms with Crippen molar-refractivity contribution in [2.75, 3.05) is 16.0 Å². The average Bonchev–Trinajstić information content (AvgIpc) is 3.82. The average molecular weight is 547 g/mol. The van der Waals surface area contributed by atoms with Crippen LogP contribution in [0.15, 0.2) is 73.1 Å². The van der Waals surface area contributed by atoms with E-state index < -0.39 is 11.2 Å². The molecule has 0 atom stereocenters. The quantitative estimate of drug-likeness (QED) is 0.237. The number of ether oxygens (including phenoxy) is 1. The summed E-state index contributed by atoms with van der Waals surface area (Å²) in [6.07, 6.45) is 4.62. The Labute approximate surface area is 228 Å². The van der Waals surface area contributed by atoms with Crippen LogP contribution in [0.5, 0.6) is 11.6 Å². The highest BCUT2D eigenvalue weighted by molar-refractivity contribution is 6.30. The number of amides is 2. The summed E-state index contributed by atoms with van der Waals surface area (Å²) in [5, 5.41) is 13.5. The summed E-state index contributed by atoms with van der Waals surface area (Å²) in [5.74, 6) is -0.292. The van der Waals surface area contributed by atoms with Crippen molar-refractivity contribution in [2.24, 2.45) is 11.3 Å². The van der Waals surface area contributed by atoms with Crippen LogP contribution in [0.4, 0.5) is 21.6 Å². The van der Waals surface area contributed by atoms with Crippen LogP contribution >= 0.6 is 11.6 Å². The smallest absolute Gasteiger partial charge is 0.237 e. The van der Waals surface area contributed by atoms with Crippen LogP contribution in [0.2, 0.25) is 5.02 Å². The van der Waals surface area contributed by atoms with E-state index in [0.717, 1.165) is 12.8 Å². The molecule has 2 aromatic carbocycles. The molecule has 2 aromatic heterocycles. The number of fused-ring (bicyclic) bond motifs is 1. The van der Waals surface area contributed by atoms with Crippen LogP contribution in [-0.4, -0.2) is 26.4 Å². The molecule has 11 heteroatoms. The van der Waals surface area contributed by atoms with Crippen molar-refractivity contribution in [2.45, 2.75) is 25.7 Å². The molecule has 9 nitrogen and oxygen atoms in total. The minimum absolute atomic E-state index is 0.0276. The molecule has 6 rings (SSSR count). The number of aromatic nitrogens is 3. The second kappa shape index (κ2) is 9.70. The van der Waals surface area contributed by atoms with Crippen molar-refractivity contribution in [3.8, 4) is 11.6 Å². The molecule has 2 saturated carbocycles. The Hall–Kier alpha value is -4.44. The number of hydrogen-bond acceptors (Lipinski definition) is 6. The van der Waals surface area contributed by atoms with Gasteiger partial charge in [0.2, 0.25) is 17.7 Å². The highest BCUT2D eigenvalue weighted by Gasteiger charge is 2.52. The number of anilines is 3. The fourth-order valence-electron chi connectivity index (χ4n) is 4.23. The van der Waals surface area contributed by atoms with Gasteiger partial charge in [0.25, 0.3) is 0 Å². The SMILES string of the molecule is C=C(Nc1ccc(Oc2ccc3nc(NC(=O)C4CC4)cn3n2)c(F)c1)C1(C(=O)Nc2cccc(Cl)c2)CC1. The van der Waals surface area contributed by atoms with Gasteiger partial charge in [-0.1, -0.05) is 24.2 Å². The lowest BCUT2D eigenvalue weighted by Gasteiger charge is -2.20.